The number of carboxylic acids is 1. The first-order chi connectivity index (χ1) is 17.0. The first-order valence-corrected chi connectivity index (χ1v) is 12.5. The average Bonchev–Trinajstić information content (AvgIpc) is 3.02. The van der Waals surface area contributed by atoms with E-state index in [0.717, 1.165) is 39.1 Å². The largest absolute Gasteiger partial charge is 0.489 e. The highest BCUT2D eigenvalue weighted by molar-refractivity contribution is 7.99. The predicted molar refractivity (Wildman–Crippen MR) is 139 cm³/mol. The zero-order valence-corrected chi connectivity index (χ0v) is 20.0. The number of aromatic nitrogens is 1. The van der Waals surface area contributed by atoms with Crippen LogP contribution < -0.4 is 4.74 Å². The average molecular weight is 486 g/mol. The molecule has 1 aliphatic heterocycles. The van der Waals surface area contributed by atoms with E-state index in [0.29, 0.717) is 17.9 Å². The second-order valence-corrected chi connectivity index (χ2v) is 9.78. The van der Waals surface area contributed by atoms with Gasteiger partial charge in [-0.05, 0) is 53.1 Å². The molecule has 0 fully saturated rings. The summed E-state index contributed by atoms with van der Waals surface area (Å²) in [5.41, 5.74) is 5.60. The van der Waals surface area contributed by atoms with E-state index in [2.05, 4.69) is 23.2 Å². The first-order valence-electron chi connectivity index (χ1n) is 11.4. The van der Waals surface area contributed by atoms with Crippen molar-refractivity contribution < 1.29 is 19.0 Å². The number of hydrogen-bond donors (Lipinski definition) is 1. The Hall–Kier alpha value is -3.64. The van der Waals surface area contributed by atoms with E-state index in [1.165, 1.54) is 12.1 Å². The van der Waals surface area contributed by atoms with Crippen molar-refractivity contribution in [1.29, 1.82) is 0 Å². The molecule has 0 spiro atoms. The molecule has 4 nitrogen and oxygen atoms in total. The van der Waals surface area contributed by atoms with Gasteiger partial charge in [-0.1, -0.05) is 49.4 Å². The molecule has 4 aromatic rings. The molecule has 1 N–H and O–H groups in total. The SMILES string of the molecule is CC(CSC1c2ccccc2COc2ccc(/C=C/c3ccc4ccc(F)cc4n3)cc21)C(=O)O. The lowest BCUT2D eigenvalue weighted by Crippen LogP contribution is -2.13. The molecule has 6 heteroatoms. The minimum absolute atomic E-state index is 0.0411. The number of rotatable bonds is 6. The highest BCUT2D eigenvalue weighted by Gasteiger charge is 2.26. The van der Waals surface area contributed by atoms with Crippen LogP contribution in [0.3, 0.4) is 0 Å². The molecule has 1 aliphatic rings. The summed E-state index contributed by atoms with van der Waals surface area (Å²) >= 11 is 1.63. The molecule has 3 aromatic carbocycles. The normalized spacial score (nSPS) is 15.8. The molecule has 0 saturated heterocycles. The Morgan fingerprint density at radius 2 is 1.94 bits per heavy atom. The smallest absolute Gasteiger partial charge is 0.307 e. The molecule has 0 aliphatic carbocycles. The van der Waals surface area contributed by atoms with E-state index < -0.39 is 11.9 Å². The summed E-state index contributed by atoms with van der Waals surface area (Å²) in [6.45, 7) is 2.21. The number of ether oxygens (including phenoxy) is 1. The van der Waals surface area contributed by atoms with Crippen molar-refractivity contribution in [3.05, 3.63) is 107 Å². The van der Waals surface area contributed by atoms with Crippen LogP contribution in [-0.4, -0.2) is 21.8 Å². The maximum atomic E-state index is 13.6. The van der Waals surface area contributed by atoms with Crippen LogP contribution in [0.4, 0.5) is 4.39 Å². The third-order valence-electron chi connectivity index (χ3n) is 6.09. The molecule has 0 bridgehead atoms. The number of carbonyl (C=O) groups is 1. The van der Waals surface area contributed by atoms with Gasteiger partial charge in [0.25, 0.3) is 0 Å². The monoisotopic (exact) mass is 485 g/mol. The van der Waals surface area contributed by atoms with Crippen molar-refractivity contribution in [2.45, 2.75) is 18.8 Å². The summed E-state index contributed by atoms with van der Waals surface area (Å²) in [5.74, 6) is -0.260. The van der Waals surface area contributed by atoms with Gasteiger partial charge in [-0.2, -0.15) is 0 Å². The fourth-order valence-corrected chi connectivity index (χ4v) is 5.52. The van der Waals surface area contributed by atoms with Gasteiger partial charge in [-0.15, -0.1) is 11.8 Å². The Morgan fingerprint density at radius 3 is 2.80 bits per heavy atom. The second kappa shape index (κ2) is 9.92. The molecule has 0 amide bonds. The number of halogens is 1. The predicted octanol–water partition coefficient (Wildman–Crippen LogP) is 6.98. The zero-order valence-electron chi connectivity index (χ0n) is 19.1. The van der Waals surface area contributed by atoms with Crippen LogP contribution in [-0.2, 0) is 11.4 Å². The third-order valence-corrected chi connectivity index (χ3v) is 7.63. The molecular formula is C29H24FNO3S. The fourth-order valence-electron chi connectivity index (χ4n) is 4.12. The minimum atomic E-state index is -0.796. The Morgan fingerprint density at radius 1 is 1.11 bits per heavy atom. The number of carboxylic acid groups (broad SMARTS) is 1. The summed E-state index contributed by atoms with van der Waals surface area (Å²) in [5, 5.41) is 10.2. The van der Waals surface area contributed by atoms with Gasteiger partial charge in [0, 0.05) is 22.8 Å². The van der Waals surface area contributed by atoms with Crippen LogP contribution in [0.1, 0.15) is 40.1 Å². The van der Waals surface area contributed by atoms with Crippen molar-refractivity contribution in [3.8, 4) is 5.75 Å². The molecule has 1 aromatic heterocycles. The van der Waals surface area contributed by atoms with Crippen LogP contribution in [0.15, 0.2) is 72.8 Å². The quantitative estimate of drug-likeness (QED) is 0.319. The molecule has 0 radical (unpaired) electrons. The highest BCUT2D eigenvalue weighted by Crippen LogP contribution is 2.45. The van der Waals surface area contributed by atoms with Crippen molar-refractivity contribution in [2.75, 3.05) is 5.75 Å². The first kappa shape index (κ1) is 23.1. The Kier molecular flexibility index (Phi) is 6.55. The van der Waals surface area contributed by atoms with Crippen molar-refractivity contribution in [2.24, 2.45) is 5.92 Å². The molecular weight excluding hydrogens is 461 g/mol. The van der Waals surface area contributed by atoms with Gasteiger partial charge in [0.15, 0.2) is 0 Å². The number of fused-ring (bicyclic) bond motifs is 3. The zero-order chi connectivity index (χ0) is 24.4. The summed E-state index contributed by atoms with van der Waals surface area (Å²) in [7, 11) is 0. The number of thioether (sulfide) groups is 1. The number of nitrogens with zero attached hydrogens (tertiary/aromatic N) is 1. The Bertz CT molecular complexity index is 1430. The number of benzene rings is 3. The second-order valence-electron chi connectivity index (χ2n) is 8.64. The summed E-state index contributed by atoms with van der Waals surface area (Å²) in [6, 6.07) is 22.6. The minimum Gasteiger partial charge on any atom is -0.489 e. The van der Waals surface area contributed by atoms with Gasteiger partial charge in [0.1, 0.15) is 18.2 Å². The van der Waals surface area contributed by atoms with Gasteiger partial charge in [-0.25, -0.2) is 9.37 Å². The van der Waals surface area contributed by atoms with E-state index in [-0.39, 0.29) is 11.1 Å². The van der Waals surface area contributed by atoms with Gasteiger partial charge in [0.2, 0.25) is 0 Å². The maximum absolute atomic E-state index is 13.6. The number of hydrogen-bond acceptors (Lipinski definition) is 4. The van der Waals surface area contributed by atoms with Crippen molar-refractivity contribution >= 4 is 40.8 Å². The van der Waals surface area contributed by atoms with Crippen LogP contribution in [0.5, 0.6) is 5.75 Å². The lowest BCUT2D eigenvalue weighted by molar-refractivity contribution is -0.140. The van der Waals surface area contributed by atoms with E-state index in [4.69, 9.17) is 4.74 Å². The topological polar surface area (TPSA) is 59.4 Å². The van der Waals surface area contributed by atoms with Gasteiger partial charge in [-0.3, -0.25) is 4.79 Å². The van der Waals surface area contributed by atoms with Crippen LogP contribution in [0.2, 0.25) is 0 Å². The summed E-state index contributed by atoms with van der Waals surface area (Å²) in [4.78, 5) is 16.0. The number of aliphatic carboxylic acids is 1. The third kappa shape index (κ3) is 5.08. The van der Waals surface area contributed by atoms with E-state index in [1.807, 2.05) is 48.6 Å². The molecule has 35 heavy (non-hydrogen) atoms. The van der Waals surface area contributed by atoms with Crippen molar-refractivity contribution in [1.82, 2.24) is 4.98 Å². The van der Waals surface area contributed by atoms with Crippen LogP contribution in [0.25, 0.3) is 23.1 Å². The van der Waals surface area contributed by atoms with E-state index in [9.17, 15) is 14.3 Å². The lowest BCUT2D eigenvalue weighted by atomic mass is 9.98. The molecule has 2 unspecified atom stereocenters. The van der Waals surface area contributed by atoms with E-state index >= 15 is 0 Å². The Labute approximate surface area is 207 Å². The molecule has 2 heterocycles. The summed E-state index contributed by atoms with van der Waals surface area (Å²) < 4.78 is 19.7. The fraction of sp³-hybridized carbons (Fsp3) is 0.172. The highest BCUT2D eigenvalue weighted by atomic mass is 32.2. The molecule has 0 saturated carbocycles. The van der Waals surface area contributed by atoms with E-state index in [1.54, 1.807) is 24.8 Å². The lowest BCUT2D eigenvalue weighted by Gasteiger charge is -2.20. The van der Waals surface area contributed by atoms with Gasteiger partial charge in [0.05, 0.1) is 22.4 Å². The van der Waals surface area contributed by atoms with Crippen LogP contribution in [0, 0.1) is 11.7 Å². The standard InChI is InChI=1S/C29H24FNO3S/c1-18(29(32)33)17-35-28-24-5-3-2-4-21(24)16-34-27-13-7-19(14-25(27)28)6-11-23-12-9-20-8-10-22(30)15-26(20)31-23/h2-15,18,28H,16-17H2,1H3,(H,32,33)/b11-6+. The maximum Gasteiger partial charge on any atom is 0.307 e. The van der Waals surface area contributed by atoms with Crippen molar-refractivity contribution in [3.63, 3.8) is 0 Å². The number of pyridine rings is 1. The Balaban J connectivity index is 1.48. The molecule has 2 atom stereocenters. The molecule has 176 valence electrons. The van der Waals surface area contributed by atoms with Gasteiger partial charge < -0.3 is 9.84 Å². The van der Waals surface area contributed by atoms with Gasteiger partial charge >= 0.3 is 5.97 Å². The summed E-state index contributed by atoms with van der Waals surface area (Å²) in [6.07, 6.45) is 3.89. The molecule has 5 rings (SSSR count). The van der Waals surface area contributed by atoms with Crippen LogP contribution >= 0.6 is 11.8 Å².